The van der Waals surface area contributed by atoms with Crippen molar-refractivity contribution in [1.82, 2.24) is 0 Å². The second-order valence-electron chi connectivity index (χ2n) is 3.16. The average Bonchev–Trinajstić information content (AvgIpc) is 2.19. The van der Waals surface area contributed by atoms with Crippen LogP contribution in [0.2, 0.25) is 0 Å². The number of ether oxygens (including phenoxy) is 1. The Kier molecular flexibility index (Phi) is 4.38. The quantitative estimate of drug-likeness (QED) is 0.634. The molecule has 0 saturated heterocycles. The Balaban J connectivity index is 2.60. The molecule has 1 aromatic carbocycles. The molecule has 1 aromatic rings. The first-order valence-electron chi connectivity index (χ1n) is 4.45. The summed E-state index contributed by atoms with van der Waals surface area (Å²) in [7, 11) is 1.42. The van der Waals surface area contributed by atoms with Crippen LogP contribution >= 0.6 is 22.6 Å². The Morgan fingerprint density at radius 3 is 2.79 bits per heavy atom. The van der Waals surface area contributed by atoms with Gasteiger partial charge < -0.3 is 4.74 Å². The van der Waals surface area contributed by atoms with Crippen molar-refractivity contribution in [2.75, 3.05) is 7.11 Å². The van der Waals surface area contributed by atoms with Crippen LogP contribution in [0.25, 0.3) is 0 Å². The first kappa shape index (κ1) is 11.5. The Labute approximate surface area is 97.8 Å². The topological polar surface area (TPSA) is 26.3 Å². The summed E-state index contributed by atoms with van der Waals surface area (Å²) < 4.78 is 5.83. The van der Waals surface area contributed by atoms with Crippen LogP contribution < -0.4 is 0 Å². The maximum atomic E-state index is 10.9. The molecule has 0 aromatic heterocycles. The summed E-state index contributed by atoms with van der Waals surface area (Å²) in [5.41, 5.74) is 2.46. The summed E-state index contributed by atoms with van der Waals surface area (Å²) in [6.07, 6.45) is 1.21. The Bertz CT molecular complexity index is 334. The zero-order valence-electron chi connectivity index (χ0n) is 8.34. The third-order valence-electron chi connectivity index (χ3n) is 2.08. The van der Waals surface area contributed by atoms with E-state index in [2.05, 4.69) is 52.5 Å². The van der Waals surface area contributed by atoms with Crippen LogP contribution in [-0.4, -0.2) is 13.1 Å². The van der Waals surface area contributed by atoms with Gasteiger partial charge in [-0.05, 0) is 53.1 Å². The van der Waals surface area contributed by atoms with Crippen molar-refractivity contribution in [3.8, 4) is 0 Å². The maximum Gasteiger partial charge on any atom is 0.305 e. The minimum absolute atomic E-state index is 0.152. The average molecular weight is 304 g/mol. The third kappa shape index (κ3) is 3.29. The van der Waals surface area contributed by atoms with E-state index >= 15 is 0 Å². The van der Waals surface area contributed by atoms with E-state index in [0.717, 1.165) is 6.42 Å². The highest BCUT2D eigenvalue weighted by Gasteiger charge is 2.02. The van der Waals surface area contributed by atoms with E-state index in [0.29, 0.717) is 6.42 Å². The molecule has 3 heteroatoms. The van der Waals surface area contributed by atoms with Crippen molar-refractivity contribution in [3.63, 3.8) is 0 Å². The zero-order valence-corrected chi connectivity index (χ0v) is 10.5. The highest BCUT2D eigenvalue weighted by molar-refractivity contribution is 14.1. The van der Waals surface area contributed by atoms with Gasteiger partial charge in [-0.2, -0.15) is 0 Å². The lowest BCUT2D eigenvalue weighted by molar-refractivity contribution is -0.140. The van der Waals surface area contributed by atoms with E-state index in [9.17, 15) is 4.79 Å². The standard InChI is InChI=1S/C11H13IO2/c1-8-3-4-9(7-10(8)12)5-6-11(13)14-2/h3-4,7H,5-6H2,1-2H3. The number of aryl methyl sites for hydroxylation is 2. The second-order valence-corrected chi connectivity index (χ2v) is 4.32. The van der Waals surface area contributed by atoms with Crippen molar-refractivity contribution in [1.29, 1.82) is 0 Å². The van der Waals surface area contributed by atoms with Crippen LogP contribution in [0, 0.1) is 10.5 Å². The minimum Gasteiger partial charge on any atom is -0.469 e. The van der Waals surface area contributed by atoms with Crippen LogP contribution in [-0.2, 0) is 16.0 Å². The summed E-state index contributed by atoms with van der Waals surface area (Å²) in [6.45, 7) is 2.08. The van der Waals surface area contributed by atoms with Crippen LogP contribution in [0.3, 0.4) is 0 Å². The SMILES string of the molecule is COC(=O)CCc1ccc(C)c(I)c1. The van der Waals surface area contributed by atoms with Gasteiger partial charge >= 0.3 is 5.97 Å². The van der Waals surface area contributed by atoms with Crippen molar-refractivity contribution in [2.24, 2.45) is 0 Å². The van der Waals surface area contributed by atoms with Crippen LogP contribution in [0.5, 0.6) is 0 Å². The Morgan fingerprint density at radius 1 is 1.50 bits per heavy atom. The lowest BCUT2D eigenvalue weighted by Gasteiger charge is -2.03. The Morgan fingerprint density at radius 2 is 2.21 bits per heavy atom. The van der Waals surface area contributed by atoms with E-state index in [1.165, 1.54) is 21.8 Å². The summed E-state index contributed by atoms with van der Waals surface area (Å²) in [6, 6.07) is 6.24. The van der Waals surface area contributed by atoms with E-state index in [1.54, 1.807) is 0 Å². The molecule has 0 amide bonds. The lowest BCUT2D eigenvalue weighted by atomic mass is 10.1. The monoisotopic (exact) mass is 304 g/mol. The van der Waals surface area contributed by atoms with E-state index in [4.69, 9.17) is 0 Å². The minimum atomic E-state index is -0.152. The molecule has 0 heterocycles. The smallest absolute Gasteiger partial charge is 0.305 e. The van der Waals surface area contributed by atoms with Gasteiger partial charge in [0, 0.05) is 9.99 Å². The fraction of sp³-hybridized carbons (Fsp3) is 0.364. The second kappa shape index (κ2) is 5.34. The molecule has 0 N–H and O–H groups in total. The van der Waals surface area contributed by atoms with Crippen molar-refractivity contribution in [2.45, 2.75) is 19.8 Å². The summed E-state index contributed by atoms with van der Waals surface area (Å²) in [4.78, 5) is 10.9. The van der Waals surface area contributed by atoms with E-state index in [-0.39, 0.29) is 5.97 Å². The molecule has 0 aliphatic rings. The molecular weight excluding hydrogens is 291 g/mol. The molecule has 0 saturated carbocycles. The number of hydrogen-bond acceptors (Lipinski definition) is 2. The molecule has 0 radical (unpaired) electrons. The number of rotatable bonds is 3. The molecular formula is C11H13IO2. The predicted octanol–water partition coefficient (Wildman–Crippen LogP) is 2.71. The Hall–Kier alpha value is -0.580. The van der Waals surface area contributed by atoms with Gasteiger partial charge in [0.2, 0.25) is 0 Å². The number of esters is 1. The van der Waals surface area contributed by atoms with Crippen molar-refractivity contribution in [3.05, 3.63) is 32.9 Å². The molecule has 0 spiro atoms. The largest absolute Gasteiger partial charge is 0.469 e. The highest BCUT2D eigenvalue weighted by Crippen LogP contribution is 2.14. The van der Waals surface area contributed by atoms with Crippen molar-refractivity contribution >= 4 is 28.6 Å². The molecule has 0 unspecified atom stereocenters. The molecule has 14 heavy (non-hydrogen) atoms. The first-order chi connectivity index (χ1) is 6.63. The molecule has 76 valence electrons. The fourth-order valence-corrected chi connectivity index (χ4v) is 1.72. The van der Waals surface area contributed by atoms with Gasteiger partial charge in [-0.3, -0.25) is 4.79 Å². The van der Waals surface area contributed by atoms with E-state index in [1.807, 2.05) is 0 Å². The number of carbonyl (C=O) groups is 1. The molecule has 0 aliphatic heterocycles. The molecule has 2 nitrogen and oxygen atoms in total. The lowest BCUT2D eigenvalue weighted by Crippen LogP contribution is -2.02. The number of benzene rings is 1. The number of hydrogen-bond donors (Lipinski definition) is 0. The predicted molar refractivity (Wildman–Crippen MR) is 64.2 cm³/mol. The molecule has 0 bridgehead atoms. The van der Waals surface area contributed by atoms with Gasteiger partial charge in [-0.25, -0.2) is 0 Å². The van der Waals surface area contributed by atoms with Crippen LogP contribution in [0.15, 0.2) is 18.2 Å². The number of carbonyl (C=O) groups excluding carboxylic acids is 1. The normalized spacial score (nSPS) is 9.93. The summed E-state index contributed by atoms with van der Waals surface area (Å²) in [5, 5.41) is 0. The summed E-state index contributed by atoms with van der Waals surface area (Å²) >= 11 is 2.30. The van der Waals surface area contributed by atoms with Gasteiger partial charge in [0.15, 0.2) is 0 Å². The highest BCUT2D eigenvalue weighted by atomic mass is 127. The van der Waals surface area contributed by atoms with E-state index < -0.39 is 0 Å². The van der Waals surface area contributed by atoms with Crippen LogP contribution in [0.1, 0.15) is 17.5 Å². The molecule has 1 rings (SSSR count). The number of halogens is 1. The molecule has 0 atom stereocenters. The zero-order chi connectivity index (χ0) is 10.6. The molecule has 0 fully saturated rings. The van der Waals surface area contributed by atoms with Crippen LogP contribution in [0.4, 0.5) is 0 Å². The number of methoxy groups -OCH3 is 1. The van der Waals surface area contributed by atoms with Gasteiger partial charge in [-0.15, -0.1) is 0 Å². The first-order valence-corrected chi connectivity index (χ1v) is 5.53. The van der Waals surface area contributed by atoms with Gasteiger partial charge in [0.05, 0.1) is 7.11 Å². The maximum absolute atomic E-state index is 10.9. The van der Waals surface area contributed by atoms with Gasteiger partial charge in [0.25, 0.3) is 0 Å². The molecule has 0 aliphatic carbocycles. The van der Waals surface area contributed by atoms with Gasteiger partial charge in [0.1, 0.15) is 0 Å². The summed E-state index contributed by atoms with van der Waals surface area (Å²) in [5.74, 6) is -0.152. The van der Waals surface area contributed by atoms with Gasteiger partial charge in [-0.1, -0.05) is 12.1 Å². The third-order valence-corrected chi connectivity index (χ3v) is 3.24. The fourth-order valence-electron chi connectivity index (χ4n) is 1.14. The van der Waals surface area contributed by atoms with Crippen molar-refractivity contribution < 1.29 is 9.53 Å².